The van der Waals surface area contributed by atoms with Crippen molar-refractivity contribution in [1.29, 1.82) is 0 Å². The van der Waals surface area contributed by atoms with E-state index in [1.165, 1.54) is 15.8 Å². The molecule has 0 spiro atoms. The van der Waals surface area contributed by atoms with Gasteiger partial charge in [0, 0.05) is 13.1 Å². The summed E-state index contributed by atoms with van der Waals surface area (Å²) in [6.07, 6.45) is -5.94. The Kier molecular flexibility index (Phi) is 9.53. The molecule has 1 amide bonds. The second kappa shape index (κ2) is 12.7. The van der Waals surface area contributed by atoms with Crippen molar-refractivity contribution in [3.05, 3.63) is 24.8 Å². The number of nitrogens with zero attached hydrogens (tertiary/aromatic N) is 5. The maximum absolute atomic E-state index is 12.4. The first-order valence-corrected chi connectivity index (χ1v) is 16.0. The van der Waals surface area contributed by atoms with E-state index in [0.717, 1.165) is 6.33 Å². The van der Waals surface area contributed by atoms with E-state index in [1.54, 1.807) is 12.2 Å². The van der Waals surface area contributed by atoms with Crippen molar-refractivity contribution in [1.82, 2.24) is 24.4 Å². The number of hydrogen-bond acceptors (Lipinski definition) is 17. The van der Waals surface area contributed by atoms with Crippen LogP contribution in [0.3, 0.4) is 0 Å². The van der Waals surface area contributed by atoms with Gasteiger partial charge in [0.15, 0.2) is 17.7 Å². The van der Waals surface area contributed by atoms with Crippen LogP contribution in [0.25, 0.3) is 11.2 Å². The molecule has 2 fully saturated rings. The van der Waals surface area contributed by atoms with Crippen LogP contribution in [0, 0.1) is 5.92 Å². The molecule has 3 aliphatic heterocycles. The largest absolute Gasteiger partial charge is 0.481 e. The normalized spacial score (nSPS) is 35.5. The van der Waals surface area contributed by atoms with Crippen LogP contribution >= 0.6 is 15.6 Å². The topological polar surface area (TPSA) is 318 Å². The fourth-order valence-electron chi connectivity index (χ4n) is 4.98. The maximum Gasteiger partial charge on any atom is 0.481 e. The zero-order chi connectivity index (χ0) is 32.0. The monoisotopic (exact) mass is 667 g/mol. The van der Waals surface area contributed by atoms with Crippen LogP contribution in [0.2, 0.25) is 0 Å². The SMILES string of the molecule is NC(=O)C1C=CCN([C@@H]2O[C@H](COP(=O)(O)OP(=O)(O)OC[C@H]3O[C@@H](n4cnc5c(N)ncnc54)[C@H](O)[C@@H]3O)[C@@H](O)[C@H]2O)C1. The minimum atomic E-state index is -5.36. The molecule has 0 bridgehead atoms. The molecule has 0 aliphatic carbocycles. The maximum atomic E-state index is 12.4. The molecule has 5 rings (SSSR count). The van der Waals surface area contributed by atoms with Gasteiger partial charge in [-0.2, -0.15) is 4.31 Å². The van der Waals surface area contributed by atoms with Gasteiger partial charge >= 0.3 is 15.6 Å². The van der Waals surface area contributed by atoms with Crippen molar-refractivity contribution < 1.29 is 67.0 Å². The summed E-state index contributed by atoms with van der Waals surface area (Å²) in [5, 5.41) is 41.7. The van der Waals surface area contributed by atoms with Crippen LogP contribution in [-0.4, -0.2) is 130 Å². The average Bonchev–Trinajstić information content (AvgIpc) is 3.61. The van der Waals surface area contributed by atoms with Crippen molar-refractivity contribution in [3.63, 3.8) is 0 Å². The summed E-state index contributed by atoms with van der Waals surface area (Å²) < 4.78 is 51.0. The highest BCUT2D eigenvalue weighted by Crippen LogP contribution is 2.60. The molecular weight excluding hydrogens is 636 g/mol. The highest BCUT2D eigenvalue weighted by atomic mass is 31.3. The number of aliphatic hydroxyl groups is 4. The lowest BCUT2D eigenvalue weighted by molar-refractivity contribution is -0.125. The molecule has 5 heterocycles. The fourth-order valence-corrected chi connectivity index (χ4v) is 7.07. The van der Waals surface area contributed by atoms with E-state index in [1.807, 2.05) is 0 Å². The highest BCUT2D eigenvalue weighted by Gasteiger charge is 2.49. The highest BCUT2D eigenvalue weighted by molar-refractivity contribution is 7.61. The minimum Gasteiger partial charge on any atom is -0.387 e. The number of phosphoric acid groups is 2. The Hall–Kier alpha value is -2.46. The molecule has 0 aromatic carbocycles. The molecule has 0 radical (unpaired) electrons. The number of hydrogen-bond donors (Lipinski definition) is 8. The number of primary amides is 1. The van der Waals surface area contributed by atoms with Gasteiger partial charge in [-0.3, -0.25) is 23.3 Å². The van der Waals surface area contributed by atoms with E-state index in [2.05, 4.69) is 19.3 Å². The molecule has 0 saturated carbocycles. The quantitative estimate of drug-likeness (QED) is 0.0859. The molecule has 2 aromatic heterocycles. The number of aromatic nitrogens is 4. The Bertz CT molecular complexity index is 1500. The second-order valence-electron chi connectivity index (χ2n) is 10.2. The van der Waals surface area contributed by atoms with Crippen molar-refractivity contribution in [2.45, 2.75) is 49.1 Å². The molecule has 21 nitrogen and oxygen atoms in total. The molecule has 11 atom stereocenters. The van der Waals surface area contributed by atoms with Crippen LogP contribution in [0.1, 0.15) is 6.23 Å². The Balaban J connectivity index is 1.14. The van der Waals surface area contributed by atoms with E-state index in [9.17, 15) is 44.1 Å². The molecule has 2 saturated heterocycles. The summed E-state index contributed by atoms with van der Waals surface area (Å²) in [6.45, 7) is -1.42. The van der Waals surface area contributed by atoms with E-state index in [0.29, 0.717) is 0 Å². The molecule has 3 unspecified atom stereocenters. The number of aliphatic hydroxyl groups excluding tert-OH is 4. The fraction of sp³-hybridized carbons (Fsp3) is 0.619. The first-order chi connectivity index (χ1) is 20.7. The molecule has 10 N–H and O–H groups in total. The summed E-state index contributed by atoms with van der Waals surface area (Å²) in [7, 11) is -10.7. The Labute approximate surface area is 247 Å². The first-order valence-electron chi connectivity index (χ1n) is 13.0. The van der Waals surface area contributed by atoms with Gasteiger partial charge in [0.05, 0.1) is 25.5 Å². The van der Waals surface area contributed by atoms with Gasteiger partial charge in [0.2, 0.25) is 5.91 Å². The number of ether oxygens (including phenoxy) is 2. The van der Waals surface area contributed by atoms with Gasteiger partial charge in [-0.25, -0.2) is 24.1 Å². The zero-order valence-electron chi connectivity index (χ0n) is 22.6. The Morgan fingerprint density at radius 2 is 1.55 bits per heavy atom. The predicted octanol–water partition coefficient (Wildman–Crippen LogP) is -3.30. The van der Waals surface area contributed by atoms with Gasteiger partial charge < -0.3 is 51.2 Å². The summed E-state index contributed by atoms with van der Waals surface area (Å²) in [5.41, 5.74) is 11.4. The van der Waals surface area contributed by atoms with Crippen LogP contribution in [0.5, 0.6) is 0 Å². The smallest absolute Gasteiger partial charge is 0.387 e. The Morgan fingerprint density at radius 3 is 2.16 bits per heavy atom. The number of phosphoric ester groups is 2. The predicted molar refractivity (Wildman–Crippen MR) is 142 cm³/mol. The summed E-state index contributed by atoms with van der Waals surface area (Å²) in [6, 6.07) is 0. The van der Waals surface area contributed by atoms with Crippen molar-refractivity contribution >= 4 is 38.5 Å². The third-order valence-corrected chi connectivity index (χ3v) is 9.81. The molecule has 3 aliphatic rings. The molecule has 244 valence electrons. The standard InChI is InChI=1S/C21H31N7O14P2/c22-17-12-19(25-7-24-17)28(8-26-12)21-16(32)14(30)11(41-21)6-39-44(36,37)42-43(34,35)38-5-10-13(29)15(31)20(40-10)27-3-1-2-9(4-27)18(23)33/h1-2,7-11,13-16,20-21,29-32H,3-6H2,(H2,23,33)(H,34,35)(H,36,37)(H2,22,24,25)/t9?,10-,11-,13-,14-,15-,16-,20-,21-/m1/s1. The molecule has 2 aromatic rings. The van der Waals surface area contributed by atoms with Crippen LogP contribution in [-0.2, 0) is 36.8 Å². The van der Waals surface area contributed by atoms with Gasteiger partial charge in [-0.1, -0.05) is 12.2 Å². The summed E-state index contributed by atoms with van der Waals surface area (Å²) in [5.74, 6) is -1.22. The van der Waals surface area contributed by atoms with E-state index in [-0.39, 0.29) is 30.1 Å². The van der Waals surface area contributed by atoms with Gasteiger partial charge in [0.25, 0.3) is 0 Å². The van der Waals surface area contributed by atoms with Crippen molar-refractivity contribution in [2.24, 2.45) is 11.7 Å². The summed E-state index contributed by atoms with van der Waals surface area (Å²) in [4.78, 5) is 45.0. The third-order valence-electron chi connectivity index (χ3n) is 7.21. The number of fused-ring (bicyclic) bond motifs is 1. The Morgan fingerprint density at radius 1 is 0.955 bits per heavy atom. The van der Waals surface area contributed by atoms with Gasteiger partial charge in [0.1, 0.15) is 54.7 Å². The third kappa shape index (κ3) is 6.86. The second-order valence-corrected chi connectivity index (χ2v) is 13.2. The lowest BCUT2D eigenvalue weighted by atomic mass is 10.0. The van der Waals surface area contributed by atoms with Crippen molar-refractivity contribution in [2.75, 3.05) is 32.0 Å². The first kappa shape index (κ1) is 32.9. The average molecular weight is 667 g/mol. The lowest BCUT2D eigenvalue weighted by Crippen LogP contribution is -2.49. The molecule has 23 heteroatoms. The van der Waals surface area contributed by atoms with Crippen LogP contribution in [0.15, 0.2) is 24.8 Å². The number of rotatable bonds is 11. The van der Waals surface area contributed by atoms with Crippen molar-refractivity contribution in [3.8, 4) is 0 Å². The molecular formula is C21H31N7O14P2. The number of nitrogen functional groups attached to an aromatic ring is 1. The number of amides is 1. The van der Waals surface area contributed by atoms with Crippen LogP contribution in [0.4, 0.5) is 5.82 Å². The van der Waals surface area contributed by atoms with Crippen LogP contribution < -0.4 is 11.5 Å². The number of imidazole rings is 1. The number of carbonyl (C=O) groups is 1. The lowest BCUT2D eigenvalue weighted by Gasteiger charge is -2.33. The van der Waals surface area contributed by atoms with Gasteiger partial charge in [-0.05, 0) is 0 Å². The number of carbonyl (C=O) groups excluding carboxylic acids is 1. The minimum absolute atomic E-state index is 0.0541. The zero-order valence-corrected chi connectivity index (χ0v) is 24.4. The van der Waals surface area contributed by atoms with E-state index < -0.39 is 89.8 Å². The van der Waals surface area contributed by atoms with Gasteiger partial charge in [-0.15, -0.1) is 0 Å². The number of anilines is 1. The molecule has 44 heavy (non-hydrogen) atoms. The van der Waals surface area contributed by atoms with E-state index in [4.69, 9.17) is 30.0 Å². The van der Waals surface area contributed by atoms with E-state index >= 15 is 0 Å². The summed E-state index contributed by atoms with van der Waals surface area (Å²) >= 11 is 0. The number of nitrogens with two attached hydrogens (primary N) is 2.